The Morgan fingerprint density at radius 2 is 1.34 bits per heavy atom. The van der Waals surface area contributed by atoms with E-state index in [1.54, 1.807) is 4.90 Å². The van der Waals surface area contributed by atoms with E-state index in [-0.39, 0.29) is 62.1 Å². The molecule has 220 valence electrons. The normalized spacial score (nSPS) is 17.4. The summed E-state index contributed by atoms with van der Waals surface area (Å²) in [4.78, 5) is 38.4. The molecular weight excluding hydrogens is 482 g/mol. The van der Waals surface area contributed by atoms with Crippen molar-refractivity contribution in [2.75, 3.05) is 19.8 Å². The van der Waals surface area contributed by atoms with Crippen LogP contribution >= 0.6 is 0 Å². The molecule has 1 amide bonds. The lowest BCUT2D eigenvalue weighted by molar-refractivity contribution is -0.157. The third-order valence-corrected chi connectivity index (χ3v) is 7.28. The van der Waals surface area contributed by atoms with Crippen LogP contribution in [0.2, 0.25) is 0 Å². The number of esters is 2. The van der Waals surface area contributed by atoms with Gasteiger partial charge in [0.2, 0.25) is 5.91 Å². The molecule has 1 rings (SSSR count). The van der Waals surface area contributed by atoms with Crippen molar-refractivity contribution in [1.29, 1.82) is 0 Å². The quantitative estimate of drug-likeness (QED) is 0.0784. The maximum Gasteiger partial charge on any atom is 0.306 e. The zero-order chi connectivity index (χ0) is 28.2. The van der Waals surface area contributed by atoms with Crippen molar-refractivity contribution in [2.24, 2.45) is 5.92 Å². The summed E-state index contributed by atoms with van der Waals surface area (Å²) < 4.78 is 16.9. The van der Waals surface area contributed by atoms with Crippen LogP contribution in [0.5, 0.6) is 0 Å². The molecule has 0 spiro atoms. The van der Waals surface area contributed by atoms with Gasteiger partial charge in [0.1, 0.15) is 6.61 Å². The zero-order valence-corrected chi connectivity index (χ0v) is 24.8. The summed E-state index contributed by atoms with van der Waals surface area (Å²) in [5, 5.41) is 0. The van der Waals surface area contributed by atoms with Crippen LogP contribution < -0.4 is 0 Å². The van der Waals surface area contributed by atoms with E-state index in [0.717, 1.165) is 44.9 Å². The Morgan fingerprint density at radius 1 is 0.789 bits per heavy atom. The molecule has 0 aromatic rings. The lowest BCUT2D eigenvalue weighted by atomic mass is 9.95. The standard InChI is InChI=1S/C31H55NO6/c1-6-8-10-12-14-16-18-26(4)36-22-28(23-37-30(34)19-17-15-13-11-9-7-2)21-31(35)38-24-29-20-25(3)32(29)27(5)33/h25,28-29H,4,6-24H2,1-3,5H3. The van der Waals surface area contributed by atoms with Gasteiger partial charge in [-0.05, 0) is 26.2 Å². The minimum absolute atomic E-state index is 0.00257. The Labute approximate surface area is 232 Å². The molecule has 1 aliphatic rings. The van der Waals surface area contributed by atoms with Gasteiger partial charge in [0, 0.05) is 31.7 Å². The van der Waals surface area contributed by atoms with E-state index < -0.39 is 0 Å². The van der Waals surface area contributed by atoms with Gasteiger partial charge < -0.3 is 19.1 Å². The van der Waals surface area contributed by atoms with Crippen LogP contribution in [0.1, 0.15) is 130 Å². The average molecular weight is 538 g/mol. The first-order valence-electron chi connectivity index (χ1n) is 15.2. The van der Waals surface area contributed by atoms with E-state index in [4.69, 9.17) is 14.2 Å². The second-order valence-electron chi connectivity index (χ2n) is 11.0. The number of allylic oxidation sites excluding steroid dienone is 1. The number of carbonyl (C=O) groups is 3. The fourth-order valence-corrected chi connectivity index (χ4v) is 4.95. The van der Waals surface area contributed by atoms with Gasteiger partial charge >= 0.3 is 11.9 Å². The minimum Gasteiger partial charge on any atom is -0.498 e. The number of amides is 1. The van der Waals surface area contributed by atoms with E-state index in [0.29, 0.717) is 12.2 Å². The Morgan fingerprint density at radius 3 is 1.92 bits per heavy atom. The second kappa shape index (κ2) is 20.9. The Balaban J connectivity index is 2.44. The monoisotopic (exact) mass is 537 g/mol. The van der Waals surface area contributed by atoms with E-state index >= 15 is 0 Å². The number of hydrogen-bond acceptors (Lipinski definition) is 6. The number of carbonyl (C=O) groups excluding carboxylic acids is 3. The van der Waals surface area contributed by atoms with Crippen LogP contribution in [0.4, 0.5) is 0 Å². The van der Waals surface area contributed by atoms with E-state index in [1.165, 1.54) is 51.9 Å². The Hall–Kier alpha value is -2.05. The van der Waals surface area contributed by atoms with Crippen molar-refractivity contribution in [2.45, 2.75) is 143 Å². The molecule has 7 heteroatoms. The highest BCUT2D eigenvalue weighted by molar-refractivity contribution is 5.75. The van der Waals surface area contributed by atoms with Crippen molar-refractivity contribution in [3.05, 3.63) is 12.3 Å². The maximum atomic E-state index is 12.6. The van der Waals surface area contributed by atoms with Crippen LogP contribution in [-0.4, -0.2) is 54.7 Å². The van der Waals surface area contributed by atoms with Crippen LogP contribution in [0.15, 0.2) is 12.3 Å². The molecule has 3 atom stereocenters. The van der Waals surface area contributed by atoms with Gasteiger partial charge in [-0.2, -0.15) is 0 Å². The molecule has 1 fully saturated rings. The summed E-state index contributed by atoms with van der Waals surface area (Å²) in [5.41, 5.74) is 0. The van der Waals surface area contributed by atoms with E-state index in [1.807, 2.05) is 6.92 Å². The first-order valence-corrected chi connectivity index (χ1v) is 15.2. The highest BCUT2D eigenvalue weighted by atomic mass is 16.5. The first kappa shape index (κ1) is 34.0. The number of unbranched alkanes of at least 4 members (excludes halogenated alkanes) is 10. The number of hydrogen-bond donors (Lipinski definition) is 0. The summed E-state index contributed by atoms with van der Waals surface area (Å²) in [5.74, 6) is -0.197. The van der Waals surface area contributed by atoms with Gasteiger partial charge in [-0.25, -0.2) is 0 Å². The molecule has 0 bridgehead atoms. The van der Waals surface area contributed by atoms with Gasteiger partial charge in [0.25, 0.3) is 0 Å². The first-order chi connectivity index (χ1) is 18.3. The highest BCUT2D eigenvalue weighted by Crippen LogP contribution is 2.26. The van der Waals surface area contributed by atoms with Gasteiger partial charge in [-0.1, -0.05) is 84.6 Å². The molecule has 1 heterocycles. The van der Waals surface area contributed by atoms with Crippen LogP contribution in [0.3, 0.4) is 0 Å². The molecule has 0 N–H and O–H groups in total. The minimum atomic E-state index is -0.366. The number of ether oxygens (including phenoxy) is 3. The van der Waals surface area contributed by atoms with Gasteiger partial charge in [0.05, 0.1) is 31.4 Å². The largest absolute Gasteiger partial charge is 0.498 e. The molecule has 0 saturated carbocycles. The number of rotatable bonds is 23. The molecule has 0 radical (unpaired) electrons. The van der Waals surface area contributed by atoms with Crippen molar-refractivity contribution in [1.82, 2.24) is 4.90 Å². The molecule has 3 unspecified atom stereocenters. The van der Waals surface area contributed by atoms with Crippen LogP contribution in [-0.2, 0) is 28.6 Å². The maximum absolute atomic E-state index is 12.6. The summed E-state index contributed by atoms with van der Waals surface area (Å²) in [7, 11) is 0. The van der Waals surface area contributed by atoms with Gasteiger partial charge in [0.15, 0.2) is 0 Å². The SMILES string of the molecule is C=C(CCCCCCCC)OCC(COC(=O)CCCCCCCC)CC(=O)OCC1CC(C)N1C(C)=O. The van der Waals surface area contributed by atoms with Crippen molar-refractivity contribution in [3.63, 3.8) is 0 Å². The van der Waals surface area contributed by atoms with Crippen molar-refractivity contribution in [3.8, 4) is 0 Å². The summed E-state index contributed by atoms with van der Waals surface area (Å²) in [6.07, 6.45) is 16.0. The molecule has 0 aromatic heterocycles. The predicted molar refractivity (Wildman–Crippen MR) is 151 cm³/mol. The van der Waals surface area contributed by atoms with Crippen LogP contribution in [0.25, 0.3) is 0 Å². The van der Waals surface area contributed by atoms with Crippen molar-refractivity contribution >= 4 is 17.8 Å². The van der Waals surface area contributed by atoms with Crippen LogP contribution in [0, 0.1) is 5.92 Å². The lowest BCUT2D eigenvalue weighted by Crippen LogP contribution is -2.58. The summed E-state index contributed by atoms with van der Waals surface area (Å²) in [6.45, 7) is 12.5. The molecule has 1 saturated heterocycles. The zero-order valence-electron chi connectivity index (χ0n) is 24.8. The van der Waals surface area contributed by atoms with Crippen molar-refractivity contribution < 1.29 is 28.6 Å². The molecule has 1 aliphatic heterocycles. The van der Waals surface area contributed by atoms with E-state index in [9.17, 15) is 14.4 Å². The molecular formula is C31H55NO6. The molecule has 0 aromatic carbocycles. The molecule has 38 heavy (non-hydrogen) atoms. The third-order valence-electron chi connectivity index (χ3n) is 7.28. The van der Waals surface area contributed by atoms with E-state index in [2.05, 4.69) is 20.4 Å². The Kier molecular flexibility index (Phi) is 18.6. The average Bonchev–Trinajstić information content (AvgIpc) is 2.86. The Bertz CT molecular complexity index is 662. The van der Waals surface area contributed by atoms with Gasteiger partial charge in [-0.3, -0.25) is 14.4 Å². The number of nitrogens with zero attached hydrogens (tertiary/aromatic N) is 1. The second-order valence-corrected chi connectivity index (χ2v) is 11.0. The fourth-order valence-electron chi connectivity index (χ4n) is 4.95. The molecule has 7 nitrogen and oxygen atoms in total. The summed E-state index contributed by atoms with van der Waals surface area (Å²) >= 11 is 0. The predicted octanol–water partition coefficient (Wildman–Crippen LogP) is 7.12. The highest BCUT2D eigenvalue weighted by Gasteiger charge is 2.37. The number of likely N-dealkylation sites (tertiary alicyclic amines) is 1. The fraction of sp³-hybridized carbons (Fsp3) is 0.839. The smallest absolute Gasteiger partial charge is 0.306 e. The van der Waals surface area contributed by atoms with Gasteiger partial charge in [-0.15, -0.1) is 0 Å². The summed E-state index contributed by atoms with van der Waals surface area (Å²) in [6, 6.07) is 0.120. The lowest BCUT2D eigenvalue weighted by Gasteiger charge is -2.46. The topological polar surface area (TPSA) is 82.1 Å². The molecule has 0 aliphatic carbocycles. The third kappa shape index (κ3) is 15.4.